The van der Waals surface area contributed by atoms with Gasteiger partial charge in [0.25, 0.3) is 0 Å². The molecular formula is C10H10N4O2S. The number of hydrogen-bond acceptors (Lipinski definition) is 7. The van der Waals surface area contributed by atoms with Crippen LogP contribution in [0.25, 0.3) is 11.5 Å². The minimum Gasteiger partial charge on any atom is -0.462 e. The average molecular weight is 250 g/mol. The molecule has 0 aliphatic rings. The van der Waals surface area contributed by atoms with E-state index >= 15 is 0 Å². The molecule has 2 heterocycles. The molecule has 0 saturated heterocycles. The van der Waals surface area contributed by atoms with E-state index in [0.717, 1.165) is 11.3 Å². The second-order valence-corrected chi connectivity index (χ2v) is 4.05. The summed E-state index contributed by atoms with van der Waals surface area (Å²) in [6.07, 6.45) is 3.15. The lowest BCUT2D eigenvalue weighted by Crippen LogP contribution is -2.04. The first-order valence-corrected chi connectivity index (χ1v) is 5.74. The maximum Gasteiger partial charge on any atom is 0.350 e. The highest BCUT2D eigenvalue weighted by molar-refractivity contribution is 7.17. The van der Waals surface area contributed by atoms with Crippen LogP contribution in [0.5, 0.6) is 0 Å². The number of rotatable bonds is 3. The van der Waals surface area contributed by atoms with Crippen LogP contribution in [0.15, 0.2) is 18.5 Å². The number of esters is 1. The smallest absolute Gasteiger partial charge is 0.350 e. The van der Waals surface area contributed by atoms with Crippen molar-refractivity contribution >= 4 is 22.4 Å². The number of ether oxygens (including phenoxy) is 1. The van der Waals surface area contributed by atoms with Crippen molar-refractivity contribution in [2.24, 2.45) is 0 Å². The van der Waals surface area contributed by atoms with E-state index in [0.29, 0.717) is 23.0 Å². The molecule has 0 saturated carbocycles. The first-order valence-electron chi connectivity index (χ1n) is 4.93. The van der Waals surface area contributed by atoms with Crippen LogP contribution in [-0.2, 0) is 4.74 Å². The highest BCUT2D eigenvalue weighted by Crippen LogP contribution is 2.27. The Bertz CT molecular complexity index is 526. The van der Waals surface area contributed by atoms with Gasteiger partial charge in [0, 0.05) is 12.4 Å². The number of carbonyl (C=O) groups excluding carboxylic acids is 1. The molecule has 7 heteroatoms. The molecule has 0 radical (unpaired) electrons. The Balaban J connectivity index is 2.44. The van der Waals surface area contributed by atoms with Crippen LogP contribution < -0.4 is 5.73 Å². The number of aromatic nitrogens is 3. The SMILES string of the molecule is CCOC(=O)c1sc(N)nc1-c1ncccn1. The van der Waals surface area contributed by atoms with E-state index in [1.54, 1.807) is 25.4 Å². The lowest BCUT2D eigenvalue weighted by atomic mass is 10.3. The highest BCUT2D eigenvalue weighted by atomic mass is 32.1. The van der Waals surface area contributed by atoms with Crippen molar-refractivity contribution in [1.82, 2.24) is 15.0 Å². The third-order valence-corrected chi connectivity index (χ3v) is 2.75. The Morgan fingerprint density at radius 3 is 2.82 bits per heavy atom. The summed E-state index contributed by atoms with van der Waals surface area (Å²) in [5, 5.41) is 0.288. The van der Waals surface area contributed by atoms with Gasteiger partial charge in [-0.1, -0.05) is 11.3 Å². The first kappa shape index (κ1) is 11.5. The normalized spacial score (nSPS) is 10.2. The zero-order valence-electron chi connectivity index (χ0n) is 9.08. The average Bonchev–Trinajstić information content (AvgIpc) is 2.73. The van der Waals surface area contributed by atoms with Gasteiger partial charge in [-0.2, -0.15) is 0 Å². The maximum atomic E-state index is 11.7. The Labute approximate surface area is 101 Å². The summed E-state index contributed by atoms with van der Waals surface area (Å²) >= 11 is 1.07. The molecule has 0 unspecified atom stereocenters. The third kappa shape index (κ3) is 2.39. The maximum absolute atomic E-state index is 11.7. The van der Waals surface area contributed by atoms with Gasteiger partial charge in [-0.05, 0) is 13.0 Å². The molecule has 2 aromatic heterocycles. The van der Waals surface area contributed by atoms with E-state index in [2.05, 4.69) is 15.0 Å². The van der Waals surface area contributed by atoms with Crippen LogP contribution in [-0.4, -0.2) is 27.5 Å². The second kappa shape index (κ2) is 4.88. The third-order valence-electron chi connectivity index (χ3n) is 1.88. The molecule has 0 bridgehead atoms. The zero-order chi connectivity index (χ0) is 12.3. The lowest BCUT2D eigenvalue weighted by molar-refractivity contribution is 0.0532. The fraction of sp³-hybridized carbons (Fsp3) is 0.200. The van der Waals surface area contributed by atoms with Gasteiger partial charge in [0.2, 0.25) is 0 Å². The van der Waals surface area contributed by atoms with Gasteiger partial charge in [-0.3, -0.25) is 0 Å². The number of nitrogens with two attached hydrogens (primary N) is 1. The molecular weight excluding hydrogens is 240 g/mol. The molecule has 6 nitrogen and oxygen atoms in total. The summed E-state index contributed by atoms with van der Waals surface area (Å²) in [7, 11) is 0. The Kier molecular flexibility index (Phi) is 3.29. The van der Waals surface area contributed by atoms with Gasteiger partial charge in [0.05, 0.1) is 6.61 Å². The van der Waals surface area contributed by atoms with Crippen molar-refractivity contribution in [2.45, 2.75) is 6.92 Å². The van der Waals surface area contributed by atoms with Crippen LogP contribution in [0.4, 0.5) is 5.13 Å². The van der Waals surface area contributed by atoms with E-state index < -0.39 is 5.97 Å². The van der Waals surface area contributed by atoms with Crippen molar-refractivity contribution in [3.8, 4) is 11.5 Å². The standard InChI is InChI=1S/C10H10N4O2S/c1-2-16-9(15)7-6(14-10(11)17-7)8-12-4-3-5-13-8/h3-5H,2H2,1H3,(H2,11,14). The van der Waals surface area contributed by atoms with Crippen LogP contribution in [0, 0.1) is 0 Å². The van der Waals surface area contributed by atoms with Gasteiger partial charge in [-0.15, -0.1) is 0 Å². The van der Waals surface area contributed by atoms with Crippen molar-refractivity contribution in [3.63, 3.8) is 0 Å². The van der Waals surface area contributed by atoms with Crippen LogP contribution in [0.3, 0.4) is 0 Å². The van der Waals surface area contributed by atoms with Gasteiger partial charge in [0.1, 0.15) is 10.6 Å². The summed E-state index contributed by atoms with van der Waals surface area (Å²) in [5.41, 5.74) is 5.96. The molecule has 2 aromatic rings. The number of nitrogen functional groups attached to an aromatic ring is 1. The van der Waals surface area contributed by atoms with Gasteiger partial charge >= 0.3 is 5.97 Å². The molecule has 2 N–H and O–H groups in total. The molecule has 2 rings (SSSR count). The highest BCUT2D eigenvalue weighted by Gasteiger charge is 2.21. The van der Waals surface area contributed by atoms with Crippen molar-refractivity contribution < 1.29 is 9.53 Å². The van der Waals surface area contributed by atoms with E-state index in [4.69, 9.17) is 10.5 Å². The van der Waals surface area contributed by atoms with Gasteiger partial charge in [0.15, 0.2) is 11.0 Å². The molecule has 17 heavy (non-hydrogen) atoms. The summed E-state index contributed by atoms with van der Waals surface area (Å²) in [4.78, 5) is 24.1. The summed E-state index contributed by atoms with van der Waals surface area (Å²) in [5.74, 6) is -0.0901. The van der Waals surface area contributed by atoms with E-state index in [1.165, 1.54) is 0 Å². The molecule has 0 fully saturated rings. The van der Waals surface area contributed by atoms with E-state index in [1.807, 2.05) is 0 Å². The predicted molar refractivity (Wildman–Crippen MR) is 63.5 cm³/mol. The van der Waals surface area contributed by atoms with Crippen LogP contribution >= 0.6 is 11.3 Å². The second-order valence-electron chi connectivity index (χ2n) is 3.02. The minimum absolute atomic E-state index is 0.288. The molecule has 0 spiro atoms. The van der Waals surface area contributed by atoms with E-state index in [9.17, 15) is 4.79 Å². The van der Waals surface area contributed by atoms with Gasteiger partial charge < -0.3 is 10.5 Å². The quantitative estimate of drug-likeness (QED) is 0.827. The van der Waals surface area contributed by atoms with Crippen LogP contribution in [0.1, 0.15) is 16.6 Å². The molecule has 0 aliphatic heterocycles. The zero-order valence-corrected chi connectivity index (χ0v) is 9.90. The molecule has 0 aliphatic carbocycles. The largest absolute Gasteiger partial charge is 0.462 e. The van der Waals surface area contributed by atoms with Gasteiger partial charge in [-0.25, -0.2) is 19.7 Å². The van der Waals surface area contributed by atoms with Crippen LogP contribution in [0.2, 0.25) is 0 Å². The topological polar surface area (TPSA) is 91.0 Å². The van der Waals surface area contributed by atoms with Crippen molar-refractivity contribution in [3.05, 3.63) is 23.3 Å². The van der Waals surface area contributed by atoms with Crippen molar-refractivity contribution in [1.29, 1.82) is 0 Å². The monoisotopic (exact) mass is 250 g/mol. The fourth-order valence-electron chi connectivity index (χ4n) is 1.24. The number of carbonyl (C=O) groups is 1. The Morgan fingerprint density at radius 2 is 2.18 bits per heavy atom. The number of thiazole rings is 1. The summed E-state index contributed by atoms with van der Waals surface area (Å²) in [6.45, 7) is 2.03. The van der Waals surface area contributed by atoms with E-state index in [-0.39, 0.29) is 5.13 Å². The molecule has 0 aromatic carbocycles. The first-order chi connectivity index (χ1) is 8.22. The Morgan fingerprint density at radius 1 is 1.47 bits per heavy atom. The number of anilines is 1. The summed E-state index contributed by atoms with van der Waals surface area (Å²) in [6, 6.07) is 1.68. The molecule has 88 valence electrons. The van der Waals surface area contributed by atoms with Crippen molar-refractivity contribution in [2.75, 3.05) is 12.3 Å². The lowest BCUT2D eigenvalue weighted by Gasteiger charge is -2.00. The molecule has 0 atom stereocenters. The minimum atomic E-state index is -0.454. The number of hydrogen-bond donors (Lipinski definition) is 1. The summed E-state index contributed by atoms with van der Waals surface area (Å²) < 4.78 is 4.92. The Hall–Kier alpha value is -2.02. The predicted octanol–water partition coefficient (Wildman–Crippen LogP) is 1.36. The fourth-order valence-corrected chi connectivity index (χ4v) is 1.97. The number of nitrogens with zero attached hydrogens (tertiary/aromatic N) is 3. The molecule has 0 amide bonds.